The van der Waals surface area contributed by atoms with Crippen LogP contribution in [0.15, 0.2) is 59.2 Å². The molecule has 3 rings (SSSR count). The lowest BCUT2D eigenvalue weighted by molar-refractivity contribution is 0.718. The van der Waals surface area contributed by atoms with Crippen LogP contribution >= 0.6 is 15.9 Å². The van der Waals surface area contributed by atoms with Gasteiger partial charge in [0.25, 0.3) is 0 Å². The number of fused-ring (bicyclic) bond motifs is 1. The smallest absolute Gasteiger partial charge is 0.0528 e. The Kier molecular flexibility index (Phi) is 4.45. The van der Waals surface area contributed by atoms with Crippen molar-refractivity contribution in [3.8, 4) is 5.69 Å². The second-order valence-electron chi connectivity index (χ2n) is 5.51. The van der Waals surface area contributed by atoms with Crippen LogP contribution in [0.4, 0.5) is 0 Å². The molecule has 0 saturated carbocycles. The Labute approximate surface area is 134 Å². The minimum Gasteiger partial charge on any atom is -0.317 e. The van der Waals surface area contributed by atoms with Crippen LogP contribution in [0.3, 0.4) is 0 Å². The molecule has 1 heterocycles. The molecular formula is C19H20BrN. The molecule has 0 saturated heterocycles. The van der Waals surface area contributed by atoms with Crippen molar-refractivity contribution in [3.05, 3.63) is 64.8 Å². The molecule has 0 aliphatic rings. The van der Waals surface area contributed by atoms with Crippen LogP contribution in [-0.2, 0) is 6.42 Å². The Bertz CT molecular complexity index is 725. The fourth-order valence-corrected chi connectivity index (χ4v) is 3.02. The molecule has 0 amide bonds. The predicted octanol–water partition coefficient (Wildman–Crippen LogP) is 6.13. The summed E-state index contributed by atoms with van der Waals surface area (Å²) in [6.45, 7) is 2.25. The second kappa shape index (κ2) is 6.48. The van der Waals surface area contributed by atoms with Crippen molar-refractivity contribution in [2.75, 3.05) is 0 Å². The van der Waals surface area contributed by atoms with Gasteiger partial charge in [-0.15, -0.1) is 0 Å². The Balaban J connectivity index is 1.90. The van der Waals surface area contributed by atoms with E-state index in [0.29, 0.717) is 0 Å². The van der Waals surface area contributed by atoms with Gasteiger partial charge in [-0.25, -0.2) is 0 Å². The third-order valence-electron chi connectivity index (χ3n) is 3.93. The number of unbranched alkanes of at least 4 members (excludes halogenated alkanes) is 2. The standard InChI is InChI=1S/C19H20BrN/c1-2-3-4-5-15-6-11-19-16(14-15)12-13-21(19)18-9-7-17(20)8-10-18/h6-14H,2-5H2,1H3. The van der Waals surface area contributed by atoms with E-state index in [1.165, 1.54) is 47.8 Å². The molecular weight excluding hydrogens is 322 g/mol. The summed E-state index contributed by atoms with van der Waals surface area (Å²) < 4.78 is 3.36. The highest BCUT2D eigenvalue weighted by molar-refractivity contribution is 9.10. The van der Waals surface area contributed by atoms with Gasteiger partial charge in [0.15, 0.2) is 0 Å². The SMILES string of the molecule is CCCCCc1ccc2c(ccn2-c2ccc(Br)cc2)c1. The van der Waals surface area contributed by atoms with E-state index in [1.54, 1.807) is 0 Å². The van der Waals surface area contributed by atoms with Gasteiger partial charge < -0.3 is 4.57 Å². The molecule has 0 unspecified atom stereocenters. The quantitative estimate of drug-likeness (QED) is 0.492. The lowest BCUT2D eigenvalue weighted by Gasteiger charge is -2.07. The minimum absolute atomic E-state index is 1.11. The Hall–Kier alpha value is -1.54. The van der Waals surface area contributed by atoms with Crippen molar-refractivity contribution in [2.45, 2.75) is 32.6 Å². The van der Waals surface area contributed by atoms with Gasteiger partial charge in [0.05, 0.1) is 5.52 Å². The Morgan fingerprint density at radius 3 is 2.52 bits per heavy atom. The normalized spacial score (nSPS) is 11.1. The first-order valence-corrected chi connectivity index (χ1v) is 8.43. The molecule has 0 aliphatic carbocycles. The van der Waals surface area contributed by atoms with Crippen molar-refractivity contribution in [1.82, 2.24) is 4.57 Å². The number of nitrogens with zero attached hydrogens (tertiary/aromatic N) is 1. The monoisotopic (exact) mass is 341 g/mol. The van der Waals surface area contributed by atoms with Gasteiger partial charge in [-0.1, -0.05) is 41.8 Å². The van der Waals surface area contributed by atoms with Crippen LogP contribution in [0.5, 0.6) is 0 Å². The summed E-state index contributed by atoms with van der Waals surface area (Å²) >= 11 is 3.49. The molecule has 1 aromatic heterocycles. The topological polar surface area (TPSA) is 4.93 Å². The van der Waals surface area contributed by atoms with Gasteiger partial charge in [0, 0.05) is 21.7 Å². The van der Waals surface area contributed by atoms with E-state index in [2.05, 4.69) is 82.1 Å². The summed E-state index contributed by atoms with van der Waals surface area (Å²) in [6.07, 6.45) is 7.23. The number of benzene rings is 2. The van der Waals surface area contributed by atoms with Crippen LogP contribution in [-0.4, -0.2) is 4.57 Å². The number of hydrogen-bond acceptors (Lipinski definition) is 0. The predicted molar refractivity (Wildman–Crippen MR) is 94.2 cm³/mol. The highest BCUT2D eigenvalue weighted by atomic mass is 79.9. The van der Waals surface area contributed by atoms with Crippen molar-refractivity contribution in [3.63, 3.8) is 0 Å². The average molecular weight is 342 g/mol. The summed E-state index contributed by atoms with van der Waals surface area (Å²) in [5, 5.41) is 1.33. The molecule has 0 radical (unpaired) electrons. The molecule has 21 heavy (non-hydrogen) atoms. The average Bonchev–Trinajstić information content (AvgIpc) is 2.91. The minimum atomic E-state index is 1.11. The van der Waals surface area contributed by atoms with Crippen molar-refractivity contribution < 1.29 is 0 Å². The fourth-order valence-electron chi connectivity index (χ4n) is 2.75. The first-order valence-electron chi connectivity index (χ1n) is 7.64. The van der Waals surface area contributed by atoms with Crippen molar-refractivity contribution in [1.29, 1.82) is 0 Å². The summed E-state index contributed by atoms with van der Waals surface area (Å²) in [7, 11) is 0. The maximum atomic E-state index is 3.49. The van der Waals surface area contributed by atoms with Crippen LogP contribution in [0, 0.1) is 0 Å². The lowest BCUT2D eigenvalue weighted by atomic mass is 10.1. The van der Waals surface area contributed by atoms with Gasteiger partial charge in [0.2, 0.25) is 0 Å². The maximum Gasteiger partial charge on any atom is 0.0528 e. The van der Waals surface area contributed by atoms with Gasteiger partial charge >= 0.3 is 0 Å². The van der Waals surface area contributed by atoms with Gasteiger partial charge in [-0.2, -0.15) is 0 Å². The van der Waals surface area contributed by atoms with E-state index in [0.717, 1.165) is 4.47 Å². The zero-order valence-corrected chi connectivity index (χ0v) is 13.9. The zero-order chi connectivity index (χ0) is 14.7. The zero-order valence-electron chi connectivity index (χ0n) is 12.3. The first kappa shape index (κ1) is 14.4. The molecule has 2 heteroatoms. The molecule has 1 nitrogen and oxygen atoms in total. The Morgan fingerprint density at radius 1 is 0.952 bits per heavy atom. The number of hydrogen-bond donors (Lipinski definition) is 0. The van der Waals surface area contributed by atoms with Crippen LogP contribution in [0.1, 0.15) is 31.7 Å². The molecule has 108 valence electrons. The number of aryl methyl sites for hydroxylation is 1. The van der Waals surface area contributed by atoms with E-state index in [-0.39, 0.29) is 0 Å². The second-order valence-corrected chi connectivity index (χ2v) is 6.43. The molecule has 2 aromatic carbocycles. The number of rotatable bonds is 5. The fraction of sp³-hybridized carbons (Fsp3) is 0.263. The molecule has 0 fully saturated rings. The molecule has 0 bridgehead atoms. The molecule has 3 aromatic rings. The molecule has 0 aliphatic heterocycles. The Morgan fingerprint density at radius 2 is 1.76 bits per heavy atom. The summed E-state index contributed by atoms with van der Waals surface area (Å²) in [4.78, 5) is 0. The van der Waals surface area contributed by atoms with Gasteiger partial charge in [-0.3, -0.25) is 0 Å². The molecule has 0 atom stereocenters. The number of aromatic nitrogens is 1. The summed E-state index contributed by atoms with van der Waals surface area (Å²) in [5.41, 5.74) is 3.92. The van der Waals surface area contributed by atoms with Gasteiger partial charge in [-0.05, 0) is 60.9 Å². The van der Waals surface area contributed by atoms with Crippen LogP contribution in [0.2, 0.25) is 0 Å². The largest absolute Gasteiger partial charge is 0.317 e. The first-order chi connectivity index (χ1) is 10.3. The highest BCUT2D eigenvalue weighted by Gasteiger charge is 2.04. The third-order valence-corrected chi connectivity index (χ3v) is 4.46. The maximum absolute atomic E-state index is 3.49. The van der Waals surface area contributed by atoms with E-state index < -0.39 is 0 Å². The van der Waals surface area contributed by atoms with Crippen molar-refractivity contribution in [2.24, 2.45) is 0 Å². The molecule has 0 N–H and O–H groups in total. The van der Waals surface area contributed by atoms with Gasteiger partial charge in [0.1, 0.15) is 0 Å². The van der Waals surface area contributed by atoms with Crippen LogP contribution < -0.4 is 0 Å². The lowest BCUT2D eigenvalue weighted by Crippen LogP contribution is -1.92. The molecule has 0 spiro atoms. The highest BCUT2D eigenvalue weighted by Crippen LogP contribution is 2.23. The summed E-state index contributed by atoms with van der Waals surface area (Å²) in [5.74, 6) is 0. The van der Waals surface area contributed by atoms with Crippen molar-refractivity contribution >= 4 is 26.8 Å². The van der Waals surface area contributed by atoms with E-state index >= 15 is 0 Å². The third kappa shape index (κ3) is 3.21. The van der Waals surface area contributed by atoms with Crippen LogP contribution in [0.25, 0.3) is 16.6 Å². The number of halogens is 1. The van der Waals surface area contributed by atoms with E-state index in [1.807, 2.05) is 0 Å². The van der Waals surface area contributed by atoms with E-state index in [9.17, 15) is 0 Å². The summed E-state index contributed by atoms with van der Waals surface area (Å²) in [6, 6.07) is 17.5. The van der Waals surface area contributed by atoms with E-state index in [4.69, 9.17) is 0 Å².